The lowest BCUT2D eigenvalue weighted by atomic mass is 9.89. The van der Waals surface area contributed by atoms with Crippen LogP contribution in [0.25, 0.3) is 0 Å². The lowest BCUT2D eigenvalue weighted by Crippen LogP contribution is -2.38. The minimum Gasteiger partial charge on any atom is -0.355 e. The van der Waals surface area contributed by atoms with E-state index in [1.165, 1.54) is 42.6 Å². The molecule has 6 nitrogen and oxygen atoms in total. The Morgan fingerprint density at radius 2 is 1.80 bits per heavy atom. The number of primary sulfonamides is 1. The van der Waals surface area contributed by atoms with Crippen LogP contribution in [0.2, 0.25) is 0 Å². The van der Waals surface area contributed by atoms with Crippen molar-refractivity contribution in [2.45, 2.75) is 17.7 Å². The first-order valence-electron chi connectivity index (χ1n) is 7.89. The van der Waals surface area contributed by atoms with Gasteiger partial charge in [-0.3, -0.25) is 4.79 Å². The first kappa shape index (κ1) is 17.5. The second-order valence-corrected chi connectivity index (χ2v) is 7.53. The van der Waals surface area contributed by atoms with E-state index >= 15 is 0 Å². The van der Waals surface area contributed by atoms with Gasteiger partial charge in [-0.05, 0) is 49.2 Å². The summed E-state index contributed by atoms with van der Waals surface area (Å²) in [6, 6.07) is 8.47. The zero-order valence-electron chi connectivity index (χ0n) is 13.4. The third kappa shape index (κ3) is 3.85. The van der Waals surface area contributed by atoms with Crippen molar-refractivity contribution in [3.8, 4) is 0 Å². The lowest BCUT2D eigenvalue weighted by Gasteiger charge is -2.32. The number of anilines is 1. The average Bonchev–Trinajstić information content (AvgIpc) is 2.61. The molecule has 1 fully saturated rings. The van der Waals surface area contributed by atoms with Crippen LogP contribution in [-0.2, 0) is 10.0 Å². The van der Waals surface area contributed by atoms with Crippen LogP contribution in [0.4, 0.5) is 10.2 Å². The number of carbonyl (C=O) groups excluding carboxylic acids is 1. The van der Waals surface area contributed by atoms with Gasteiger partial charge in [0.15, 0.2) is 5.78 Å². The van der Waals surface area contributed by atoms with Crippen molar-refractivity contribution in [2.75, 3.05) is 18.0 Å². The summed E-state index contributed by atoms with van der Waals surface area (Å²) in [4.78, 5) is 18.5. The Hall–Kier alpha value is -2.32. The summed E-state index contributed by atoms with van der Waals surface area (Å²) in [5.41, 5.74) is 0.489. The Kier molecular flexibility index (Phi) is 4.82. The summed E-state index contributed by atoms with van der Waals surface area (Å²) in [5.74, 6) is -0.259. The predicted molar refractivity (Wildman–Crippen MR) is 91.3 cm³/mol. The molecule has 1 aromatic heterocycles. The highest BCUT2D eigenvalue weighted by Gasteiger charge is 2.28. The topological polar surface area (TPSA) is 93.4 Å². The number of ketones is 1. The average molecular weight is 363 g/mol. The van der Waals surface area contributed by atoms with Crippen molar-refractivity contribution in [1.29, 1.82) is 0 Å². The van der Waals surface area contributed by atoms with Crippen molar-refractivity contribution >= 4 is 21.6 Å². The number of sulfonamides is 1. The number of hydrogen-bond acceptors (Lipinski definition) is 5. The molecular weight excluding hydrogens is 345 g/mol. The standard InChI is InChI=1S/C17H18FN3O3S/c18-14-5-3-12(4-6-14)16(22)13-7-10-21(11-8-13)17-15(25(19,23)24)2-1-9-20-17/h1-6,9,13H,7-8,10-11H2,(H2,19,23,24). The van der Waals surface area contributed by atoms with Gasteiger partial charge in [-0.1, -0.05) is 0 Å². The summed E-state index contributed by atoms with van der Waals surface area (Å²) < 4.78 is 36.4. The molecule has 1 aromatic carbocycles. The SMILES string of the molecule is NS(=O)(=O)c1cccnc1N1CCC(C(=O)c2ccc(F)cc2)CC1. The largest absolute Gasteiger partial charge is 0.355 e. The van der Waals surface area contributed by atoms with Crippen molar-refractivity contribution in [1.82, 2.24) is 4.98 Å². The Morgan fingerprint density at radius 3 is 2.40 bits per heavy atom. The number of nitrogens with two attached hydrogens (primary N) is 1. The van der Waals surface area contributed by atoms with Gasteiger partial charge < -0.3 is 4.90 Å². The van der Waals surface area contributed by atoms with E-state index in [2.05, 4.69) is 4.98 Å². The van der Waals surface area contributed by atoms with E-state index in [1.807, 2.05) is 4.90 Å². The molecule has 0 amide bonds. The summed E-state index contributed by atoms with van der Waals surface area (Å²) in [7, 11) is -3.87. The van der Waals surface area contributed by atoms with Crippen LogP contribution in [0, 0.1) is 11.7 Å². The Bertz CT molecular complexity index is 876. The predicted octanol–water partition coefficient (Wildman–Crippen LogP) is 1.97. The molecule has 2 N–H and O–H groups in total. The molecule has 0 radical (unpaired) electrons. The van der Waals surface area contributed by atoms with Crippen LogP contribution >= 0.6 is 0 Å². The molecule has 2 aromatic rings. The van der Waals surface area contributed by atoms with Gasteiger partial charge in [-0.2, -0.15) is 0 Å². The molecular formula is C17H18FN3O3S. The molecule has 25 heavy (non-hydrogen) atoms. The van der Waals surface area contributed by atoms with Gasteiger partial charge in [0.05, 0.1) is 0 Å². The molecule has 3 rings (SSSR count). The number of Topliss-reactive ketones (excluding diaryl/α,β-unsaturated/α-hetero) is 1. The minimum atomic E-state index is -3.87. The zero-order chi connectivity index (χ0) is 18.0. The first-order valence-corrected chi connectivity index (χ1v) is 9.43. The molecule has 0 bridgehead atoms. The Balaban J connectivity index is 1.72. The smallest absolute Gasteiger partial charge is 0.241 e. The first-order chi connectivity index (χ1) is 11.9. The van der Waals surface area contributed by atoms with Crippen LogP contribution < -0.4 is 10.0 Å². The Morgan fingerprint density at radius 1 is 1.16 bits per heavy atom. The van der Waals surface area contributed by atoms with Crippen molar-refractivity contribution < 1.29 is 17.6 Å². The van der Waals surface area contributed by atoms with Crippen LogP contribution in [0.1, 0.15) is 23.2 Å². The summed E-state index contributed by atoms with van der Waals surface area (Å²) in [5, 5.41) is 5.25. The maximum Gasteiger partial charge on any atom is 0.241 e. The van der Waals surface area contributed by atoms with Crippen LogP contribution in [0.5, 0.6) is 0 Å². The third-order valence-corrected chi connectivity index (χ3v) is 5.28. The van der Waals surface area contributed by atoms with E-state index in [-0.39, 0.29) is 22.4 Å². The molecule has 0 spiro atoms. The highest BCUT2D eigenvalue weighted by Crippen LogP contribution is 2.28. The maximum absolute atomic E-state index is 13.0. The second-order valence-electron chi connectivity index (χ2n) is 6.00. The van der Waals surface area contributed by atoms with Crippen molar-refractivity contribution in [2.24, 2.45) is 11.1 Å². The number of rotatable bonds is 4. The quantitative estimate of drug-likeness (QED) is 0.838. The number of nitrogens with zero attached hydrogens (tertiary/aromatic N) is 2. The molecule has 0 saturated carbocycles. The highest BCUT2D eigenvalue weighted by molar-refractivity contribution is 7.89. The van der Waals surface area contributed by atoms with E-state index in [9.17, 15) is 17.6 Å². The van der Waals surface area contributed by atoms with Gasteiger partial charge in [0.25, 0.3) is 0 Å². The van der Waals surface area contributed by atoms with E-state index in [0.29, 0.717) is 37.3 Å². The van der Waals surface area contributed by atoms with Crippen molar-refractivity contribution in [3.63, 3.8) is 0 Å². The highest BCUT2D eigenvalue weighted by atomic mass is 32.2. The summed E-state index contributed by atoms with van der Waals surface area (Å²) in [6.45, 7) is 0.994. The van der Waals surface area contributed by atoms with Crippen molar-refractivity contribution in [3.05, 3.63) is 54.0 Å². The monoisotopic (exact) mass is 363 g/mol. The van der Waals surface area contributed by atoms with Gasteiger partial charge in [-0.15, -0.1) is 0 Å². The molecule has 8 heteroatoms. The van der Waals surface area contributed by atoms with Crippen LogP contribution in [0.3, 0.4) is 0 Å². The molecule has 0 aliphatic carbocycles. The molecule has 1 aliphatic rings. The van der Waals surface area contributed by atoms with Crippen LogP contribution in [-0.4, -0.2) is 32.3 Å². The number of aromatic nitrogens is 1. The molecule has 2 heterocycles. The number of halogens is 1. The molecule has 132 valence electrons. The van der Waals surface area contributed by atoms with E-state index in [4.69, 9.17) is 5.14 Å². The number of hydrogen-bond donors (Lipinski definition) is 1. The number of piperidine rings is 1. The van der Waals surface area contributed by atoms with E-state index < -0.39 is 10.0 Å². The zero-order valence-corrected chi connectivity index (χ0v) is 14.2. The van der Waals surface area contributed by atoms with Crippen LogP contribution in [0.15, 0.2) is 47.5 Å². The molecule has 1 aliphatic heterocycles. The van der Waals surface area contributed by atoms with E-state index in [1.54, 1.807) is 0 Å². The lowest BCUT2D eigenvalue weighted by molar-refractivity contribution is 0.0900. The fourth-order valence-electron chi connectivity index (χ4n) is 3.05. The number of benzene rings is 1. The normalized spacial score (nSPS) is 16.0. The maximum atomic E-state index is 13.0. The second kappa shape index (κ2) is 6.89. The summed E-state index contributed by atoms with van der Waals surface area (Å²) >= 11 is 0. The van der Waals surface area contributed by atoms with Gasteiger partial charge in [-0.25, -0.2) is 22.9 Å². The fourth-order valence-corrected chi connectivity index (χ4v) is 3.75. The Labute approximate surface area is 145 Å². The van der Waals surface area contributed by atoms with Gasteiger partial charge >= 0.3 is 0 Å². The van der Waals surface area contributed by atoms with Gasteiger partial charge in [0, 0.05) is 30.8 Å². The summed E-state index contributed by atoms with van der Waals surface area (Å²) in [6.07, 6.45) is 2.65. The van der Waals surface area contributed by atoms with Gasteiger partial charge in [0.1, 0.15) is 16.5 Å². The fraction of sp³-hybridized carbons (Fsp3) is 0.294. The van der Waals surface area contributed by atoms with E-state index in [0.717, 1.165) is 0 Å². The molecule has 0 unspecified atom stereocenters. The molecule has 0 atom stereocenters. The minimum absolute atomic E-state index is 0.0155. The molecule has 1 saturated heterocycles. The number of pyridine rings is 1. The van der Waals surface area contributed by atoms with Gasteiger partial charge in [0.2, 0.25) is 10.0 Å². The third-order valence-electron chi connectivity index (χ3n) is 4.35. The number of carbonyl (C=O) groups is 1.